The van der Waals surface area contributed by atoms with E-state index in [4.69, 9.17) is 0 Å². The Morgan fingerprint density at radius 2 is 1.94 bits per heavy atom. The number of nitrogens with one attached hydrogen (secondary N) is 2. The van der Waals surface area contributed by atoms with Gasteiger partial charge in [-0.1, -0.05) is 31.9 Å². The number of amides is 1. The summed E-state index contributed by atoms with van der Waals surface area (Å²) in [6, 6.07) is 7.97. The maximum atomic E-state index is 12.3. The largest absolute Gasteiger partial charge is 0.387 e. The van der Waals surface area contributed by atoms with Gasteiger partial charge >= 0.3 is 0 Å². The molecule has 1 aromatic rings. The van der Waals surface area contributed by atoms with Crippen molar-refractivity contribution >= 4 is 11.6 Å². The Hall–Kier alpha value is -1.51. The number of para-hydroxylation sites is 1. The van der Waals surface area contributed by atoms with Crippen LogP contribution in [0.4, 0.5) is 5.69 Å². The normalized spacial score (nSPS) is 23.4. The Balaban J connectivity index is 2.07. The summed E-state index contributed by atoms with van der Waals surface area (Å²) in [7, 11) is 1.84. The minimum atomic E-state index is 0.0405. The minimum absolute atomic E-state index is 0.0405. The van der Waals surface area contributed by atoms with E-state index in [1.54, 1.807) is 0 Å². The molecule has 2 atom stereocenters. The van der Waals surface area contributed by atoms with Gasteiger partial charge < -0.3 is 10.6 Å². The Bertz CT molecular complexity index is 417. The molecule has 0 radical (unpaired) electrons. The van der Waals surface area contributed by atoms with Gasteiger partial charge in [0.2, 0.25) is 0 Å². The highest BCUT2D eigenvalue weighted by Crippen LogP contribution is 2.24. The van der Waals surface area contributed by atoms with Crippen molar-refractivity contribution in [3.05, 3.63) is 29.8 Å². The van der Waals surface area contributed by atoms with Crippen LogP contribution in [0.1, 0.15) is 43.0 Å². The molecule has 3 heteroatoms. The second-order valence-corrected chi connectivity index (χ2v) is 5.14. The third kappa shape index (κ3) is 2.84. The molecule has 1 aromatic carbocycles. The van der Waals surface area contributed by atoms with E-state index in [9.17, 15) is 4.79 Å². The molecule has 2 rings (SSSR count). The average Bonchev–Trinajstić information content (AvgIpc) is 2.41. The Kier molecular flexibility index (Phi) is 4.24. The number of benzene rings is 1. The molecule has 0 aromatic heterocycles. The molecule has 0 heterocycles. The van der Waals surface area contributed by atoms with Crippen molar-refractivity contribution in [3.8, 4) is 0 Å². The number of hydrogen-bond donors (Lipinski definition) is 2. The van der Waals surface area contributed by atoms with E-state index < -0.39 is 0 Å². The fourth-order valence-corrected chi connectivity index (χ4v) is 2.68. The summed E-state index contributed by atoms with van der Waals surface area (Å²) in [4.78, 5) is 12.3. The lowest BCUT2D eigenvalue weighted by atomic mass is 9.86. The van der Waals surface area contributed by atoms with E-state index >= 15 is 0 Å². The molecule has 0 unspecified atom stereocenters. The third-order valence-electron chi connectivity index (χ3n) is 3.87. The van der Waals surface area contributed by atoms with Gasteiger partial charge in [-0.15, -0.1) is 0 Å². The van der Waals surface area contributed by atoms with E-state index in [1.807, 2.05) is 31.3 Å². The molecule has 1 aliphatic rings. The maximum Gasteiger partial charge on any atom is 0.253 e. The molecule has 0 saturated heterocycles. The molecule has 1 amide bonds. The molecule has 2 N–H and O–H groups in total. The van der Waals surface area contributed by atoms with Gasteiger partial charge in [-0.25, -0.2) is 0 Å². The summed E-state index contributed by atoms with van der Waals surface area (Å²) in [5.74, 6) is 0.628. The molecule has 0 bridgehead atoms. The van der Waals surface area contributed by atoms with Gasteiger partial charge in [-0.3, -0.25) is 4.79 Å². The highest BCUT2D eigenvalue weighted by atomic mass is 16.1. The Morgan fingerprint density at radius 1 is 1.22 bits per heavy atom. The van der Waals surface area contributed by atoms with Crippen LogP contribution in [0, 0.1) is 5.92 Å². The van der Waals surface area contributed by atoms with Crippen LogP contribution in [0.25, 0.3) is 0 Å². The smallest absolute Gasteiger partial charge is 0.253 e. The number of carbonyl (C=O) groups excluding carboxylic acids is 1. The monoisotopic (exact) mass is 246 g/mol. The number of carbonyl (C=O) groups is 1. The Labute approximate surface area is 109 Å². The number of hydrogen-bond acceptors (Lipinski definition) is 2. The van der Waals surface area contributed by atoms with Crippen LogP contribution >= 0.6 is 0 Å². The van der Waals surface area contributed by atoms with Gasteiger partial charge in [-0.05, 0) is 30.9 Å². The van der Waals surface area contributed by atoms with Gasteiger partial charge in [0.05, 0.1) is 5.56 Å². The predicted molar refractivity (Wildman–Crippen MR) is 74.9 cm³/mol. The lowest BCUT2D eigenvalue weighted by Gasteiger charge is -2.29. The van der Waals surface area contributed by atoms with Crippen LogP contribution in [0.2, 0.25) is 0 Å². The highest BCUT2D eigenvalue weighted by Gasteiger charge is 2.23. The summed E-state index contributed by atoms with van der Waals surface area (Å²) in [5, 5.41) is 6.24. The van der Waals surface area contributed by atoms with E-state index in [1.165, 1.54) is 19.3 Å². The SMILES string of the molecule is CNc1ccccc1C(=O)N[C@@H]1CCCC[C@@H]1C. The Morgan fingerprint density at radius 3 is 2.67 bits per heavy atom. The van der Waals surface area contributed by atoms with Crippen molar-refractivity contribution in [2.24, 2.45) is 5.92 Å². The summed E-state index contributed by atoms with van der Waals surface area (Å²) >= 11 is 0. The molecular formula is C15H22N2O. The van der Waals surface area contributed by atoms with E-state index in [0.717, 1.165) is 17.7 Å². The zero-order chi connectivity index (χ0) is 13.0. The van der Waals surface area contributed by atoms with Crippen LogP contribution in [0.3, 0.4) is 0 Å². The first-order chi connectivity index (χ1) is 8.72. The van der Waals surface area contributed by atoms with Crippen molar-refractivity contribution in [2.45, 2.75) is 38.6 Å². The molecule has 1 aliphatic carbocycles. The second kappa shape index (κ2) is 5.89. The lowest BCUT2D eigenvalue weighted by molar-refractivity contribution is 0.0911. The highest BCUT2D eigenvalue weighted by molar-refractivity contribution is 5.99. The standard InChI is InChI=1S/C15H22N2O/c1-11-7-3-5-9-13(11)17-15(18)12-8-4-6-10-14(12)16-2/h4,6,8,10-11,13,16H,3,5,7,9H2,1-2H3,(H,17,18)/t11-,13+/m0/s1. The topological polar surface area (TPSA) is 41.1 Å². The first kappa shape index (κ1) is 12.9. The van der Waals surface area contributed by atoms with Crippen molar-refractivity contribution in [3.63, 3.8) is 0 Å². The van der Waals surface area contributed by atoms with Crippen molar-refractivity contribution in [1.29, 1.82) is 0 Å². The molecule has 1 fully saturated rings. The summed E-state index contributed by atoms with van der Waals surface area (Å²) in [6.45, 7) is 2.23. The molecule has 0 aliphatic heterocycles. The van der Waals surface area contributed by atoms with E-state index in [-0.39, 0.29) is 5.91 Å². The van der Waals surface area contributed by atoms with Crippen molar-refractivity contribution < 1.29 is 4.79 Å². The molecule has 18 heavy (non-hydrogen) atoms. The predicted octanol–water partition coefficient (Wildman–Crippen LogP) is 3.04. The van der Waals surface area contributed by atoms with E-state index in [2.05, 4.69) is 17.6 Å². The molecule has 1 saturated carbocycles. The van der Waals surface area contributed by atoms with Gasteiger partial charge in [0.15, 0.2) is 0 Å². The van der Waals surface area contributed by atoms with Gasteiger partial charge in [0, 0.05) is 18.8 Å². The van der Waals surface area contributed by atoms with Crippen molar-refractivity contribution in [1.82, 2.24) is 5.32 Å². The van der Waals surface area contributed by atoms with Crippen LogP contribution in [0.5, 0.6) is 0 Å². The fraction of sp³-hybridized carbons (Fsp3) is 0.533. The second-order valence-electron chi connectivity index (χ2n) is 5.14. The minimum Gasteiger partial charge on any atom is -0.387 e. The molecule has 98 valence electrons. The van der Waals surface area contributed by atoms with Gasteiger partial charge in [0.1, 0.15) is 0 Å². The quantitative estimate of drug-likeness (QED) is 0.860. The average molecular weight is 246 g/mol. The van der Waals surface area contributed by atoms with Crippen LogP contribution in [0.15, 0.2) is 24.3 Å². The summed E-state index contributed by atoms with van der Waals surface area (Å²) in [5.41, 5.74) is 1.62. The van der Waals surface area contributed by atoms with Crippen LogP contribution in [-0.2, 0) is 0 Å². The summed E-state index contributed by atoms with van der Waals surface area (Å²) < 4.78 is 0. The summed E-state index contributed by atoms with van der Waals surface area (Å²) in [6.07, 6.45) is 4.84. The fourth-order valence-electron chi connectivity index (χ4n) is 2.68. The van der Waals surface area contributed by atoms with E-state index in [0.29, 0.717) is 12.0 Å². The van der Waals surface area contributed by atoms with Crippen LogP contribution in [-0.4, -0.2) is 19.0 Å². The molecular weight excluding hydrogens is 224 g/mol. The molecule has 3 nitrogen and oxygen atoms in total. The number of anilines is 1. The third-order valence-corrected chi connectivity index (χ3v) is 3.87. The zero-order valence-corrected chi connectivity index (χ0v) is 11.2. The first-order valence-electron chi connectivity index (χ1n) is 6.80. The number of rotatable bonds is 3. The zero-order valence-electron chi connectivity index (χ0n) is 11.2. The maximum absolute atomic E-state index is 12.3. The lowest BCUT2D eigenvalue weighted by Crippen LogP contribution is -2.41. The first-order valence-corrected chi connectivity index (χ1v) is 6.80. The molecule has 0 spiro atoms. The van der Waals surface area contributed by atoms with Gasteiger partial charge in [0.25, 0.3) is 5.91 Å². The van der Waals surface area contributed by atoms with Crippen LogP contribution < -0.4 is 10.6 Å². The van der Waals surface area contributed by atoms with Gasteiger partial charge in [-0.2, -0.15) is 0 Å². The van der Waals surface area contributed by atoms with Crippen molar-refractivity contribution in [2.75, 3.05) is 12.4 Å².